The fourth-order valence-corrected chi connectivity index (χ4v) is 12.4. The van der Waals surface area contributed by atoms with E-state index >= 15 is 0 Å². The number of para-hydroxylation sites is 2. The fourth-order valence-electron chi connectivity index (χ4n) is 12.4. The molecule has 7 rings (SSSR count). The number of nitrogens with one attached hydrogen (secondary N) is 7. The minimum absolute atomic E-state index is 0. The normalized spacial score (nSPS) is 21.9. The topological polar surface area (TPSA) is 337 Å². The molecule has 0 aliphatic carbocycles. The zero-order chi connectivity index (χ0) is 64.7. The molecule has 3 aliphatic heterocycles. The second-order valence-electron chi connectivity index (χ2n) is 26.1. The number of unbranched alkanes of at least 4 members (excludes halogenated alkanes) is 1. The number of carbonyl (C=O) groups excluding carboxylic acids is 10. The molecule has 0 unspecified atom stereocenters. The van der Waals surface area contributed by atoms with Gasteiger partial charge in [-0.25, -0.2) is 6.29 Å². The maximum atomic E-state index is 14.0. The number of hydrogen-bond acceptors (Lipinski definition) is 12. The summed E-state index contributed by atoms with van der Waals surface area (Å²) in [5.41, 5.74) is 2.73. The van der Waals surface area contributed by atoms with Crippen molar-refractivity contribution in [3.63, 3.8) is 0 Å². The molecule has 3 aliphatic rings. The van der Waals surface area contributed by atoms with Gasteiger partial charge in [-0.2, -0.15) is 0 Å². The van der Waals surface area contributed by atoms with Crippen molar-refractivity contribution < 1.29 is 92.9 Å². The minimum Gasteiger partial charge on any atom is -0.870 e. The molecule has 8 amide bonds. The first-order valence-corrected chi connectivity index (χ1v) is 31.3. The van der Waals surface area contributed by atoms with Gasteiger partial charge in [0.05, 0.1) is 11.9 Å². The Kier molecular flexibility index (Phi) is 28.9. The van der Waals surface area contributed by atoms with Crippen molar-refractivity contribution >= 4 is 87.2 Å². The van der Waals surface area contributed by atoms with Crippen LogP contribution < -0.4 is 61.5 Å². The number of carboxylic acids is 1. The van der Waals surface area contributed by atoms with Crippen LogP contribution in [0.1, 0.15) is 169 Å². The molecule has 488 valence electrons. The molecule has 2 aromatic carbocycles. The number of aliphatic carboxylic acids is 1. The van der Waals surface area contributed by atoms with Gasteiger partial charge in [0.25, 0.3) is 0 Å². The molecule has 3 saturated heterocycles. The average Bonchev–Trinajstić information content (AvgIpc) is 1.77. The molecule has 9 N–H and O–H groups in total. The summed E-state index contributed by atoms with van der Waals surface area (Å²) in [6, 6.07) is 7.61. The van der Waals surface area contributed by atoms with Gasteiger partial charge in [0.2, 0.25) is 53.2 Å². The number of piperidine rings is 1. The first-order valence-electron chi connectivity index (χ1n) is 31.3. The predicted octanol–water partition coefficient (Wildman–Crippen LogP) is 3.00. The monoisotopic (exact) mass is 1260 g/mol. The van der Waals surface area contributed by atoms with Gasteiger partial charge in [0.1, 0.15) is 36.3 Å². The quantitative estimate of drug-likeness (QED) is 0.0467. The van der Waals surface area contributed by atoms with Crippen molar-refractivity contribution in [3.05, 3.63) is 72.1 Å². The van der Waals surface area contributed by atoms with Crippen molar-refractivity contribution in [2.45, 2.75) is 220 Å². The standard InChI is InChI=1S/C35H51N4O5.C31H42N6O7.Na.H2O/c1-8-9-15-28(22-40)36-34(44)30(18-27-21-38(25(4)41)31-17-11-10-16-29(27)31)37-33(43)26(20-35(5,6)7)19-32(42)39-23(2)13-12-14-24(39)3;1-16(2)12-21-27(40)33-22(13-18-15-32-20-9-6-5-8-19(18)20)28(41)35-23(14-25(38)39)31(44)37-11-7-10-24(37)29(42)36-26(17(3)4)30(43)34-21;;/h10-11,16-17,21,23-24,26,28,30H,8-9,12-15,18-20H2,1-7H3,(H,36,44)(H,37,43);5-6,8-9,15-17,21-24,26,32H,7,10-14H2,1-4H3,(H,33,40)(H,34,43)(H,35,41)(H,36,42)(H,38,39);;1H2/q-1;;+1;/p-1/t23-,24+,26-,28+,30+;21-,22+,23+,24-,26+;;/m00../s1. The summed E-state index contributed by atoms with van der Waals surface area (Å²) >= 11 is 0. The molecule has 0 spiro atoms. The van der Waals surface area contributed by atoms with Crippen LogP contribution in [0.2, 0.25) is 0 Å². The van der Waals surface area contributed by atoms with Crippen molar-refractivity contribution in [3.8, 4) is 0 Å². The van der Waals surface area contributed by atoms with E-state index in [0.717, 1.165) is 59.5 Å². The van der Waals surface area contributed by atoms with Crippen LogP contribution in [0.25, 0.3) is 21.8 Å². The molecular formula is C66H94N10NaO13-. The Bertz CT molecular complexity index is 3160. The summed E-state index contributed by atoms with van der Waals surface area (Å²) < 4.78 is 1.53. The van der Waals surface area contributed by atoms with Crippen molar-refractivity contribution in [2.75, 3.05) is 6.54 Å². The number of carboxylic acid groups (broad SMARTS) is 1. The summed E-state index contributed by atoms with van der Waals surface area (Å²) in [5, 5.41) is 27.9. The van der Waals surface area contributed by atoms with Crippen molar-refractivity contribution in [1.82, 2.24) is 51.3 Å². The van der Waals surface area contributed by atoms with E-state index in [0.29, 0.717) is 31.2 Å². The number of aromatic amines is 1. The molecular weight excluding hydrogens is 1160 g/mol. The number of H-pyrrole nitrogens is 1. The number of carbonyl (C=O) groups is 10. The van der Waals surface area contributed by atoms with Gasteiger partial charge in [-0.1, -0.05) is 117 Å². The Hall–Kier alpha value is -6.95. The van der Waals surface area contributed by atoms with E-state index in [9.17, 15) is 57.8 Å². The summed E-state index contributed by atoms with van der Waals surface area (Å²) in [6.07, 6.45) is 11.3. The Morgan fingerprint density at radius 1 is 0.767 bits per heavy atom. The van der Waals surface area contributed by atoms with Crippen LogP contribution in [0.15, 0.2) is 60.9 Å². The maximum absolute atomic E-state index is 14.0. The fraction of sp³-hybridized carbons (Fsp3) is 0.591. The van der Waals surface area contributed by atoms with Gasteiger partial charge in [-0.05, 0) is 99.3 Å². The van der Waals surface area contributed by atoms with Crippen molar-refractivity contribution in [2.24, 2.45) is 23.2 Å². The first-order chi connectivity index (χ1) is 41.6. The molecule has 90 heavy (non-hydrogen) atoms. The molecule has 23 nitrogen and oxygen atoms in total. The van der Waals surface area contributed by atoms with Gasteiger partial charge in [0.15, 0.2) is 0 Å². The Balaban J connectivity index is 0.000000376. The zero-order valence-corrected chi connectivity index (χ0v) is 56.5. The summed E-state index contributed by atoms with van der Waals surface area (Å²) in [5.74, 6) is -6.60. The molecule has 2 aromatic heterocycles. The Morgan fingerprint density at radius 3 is 2.00 bits per heavy atom. The van der Waals surface area contributed by atoms with E-state index in [1.165, 1.54) is 16.4 Å². The van der Waals surface area contributed by atoms with E-state index in [-0.39, 0.29) is 114 Å². The molecule has 24 heteroatoms. The number of fused-ring (bicyclic) bond motifs is 3. The van der Waals surface area contributed by atoms with Gasteiger partial charge in [0, 0.05) is 79.4 Å². The van der Waals surface area contributed by atoms with Gasteiger partial charge in [-0.15, -0.1) is 0 Å². The van der Waals surface area contributed by atoms with Crippen LogP contribution in [0, 0.1) is 23.2 Å². The second-order valence-corrected chi connectivity index (χ2v) is 26.1. The van der Waals surface area contributed by atoms with Crippen LogP contribution in [0.5, 0.6) is 0 Å². The SMILES string of the molecule is CC(C)C[C@@H]1NC(=O)[C@@H](C(C)C)NC(=O)[C@@H]2CCCN2C(=O)[C@@H](CC(=O)O)NC(=O)[C@@H](Cc2c[nH]c3ccccc23)NC1=O.CCCC[C@H]([C-]=O)NC(=O)[C@@H](Cc1cn(C(C)=O)c2ccccc12)NC(=O)[C@@H](CC(=O)N1[C@H](C)CCC[C@@H]1C)CC(C)(C)C.[Na+].[OH-]. The average molecular weight is 1260 g/mol. The van der Waals surface area contributed by atoms with E-state index in [2.05, 4.69) is 50.7 Å². The van der Waals surface area contributed by atoms with Gasteiger partial charge >= 0.3 is 35.5 Å². The molecule has 0 saturated carbocycles. The van der Waals surface area contributed by atoms with E-state index in [4.69, 9.17) is 0 Å². The van der Waals surface area contributed by atoms with Crippen LogP contribution in [-0.2, 0) is 60.8 Å². The largest absolute Gasteiger partial charge is 1.00 e. The minimum atomic E-state index is -1.48. The van der Waals surface area contributed by atoms with E-state index in [1.807, 2.05) is 101 Å². The third kappa shape index (κ3) is 20.5. The second kappa shape index (κ2) is 34.5. The molecule has 0 radical (unpaired) electrons. The Labute approximate surface area is 550 Å². The summed E-state index contributed by atoms with van der Waals surface area (Å²) in [7, 11) is 0. The number of aromatic nitrogens is 2. The molecule has 3 fully saturated rings. The van der Waals surface area contributed by atoms with Crippen molar-refractivity contribution in [1.29, 1.82) is 0 Å². The van der Waals surface area contributed by atoms with Gasteiger partial charge < -0.3 is 62.1 Å². The third-order valence-corrected chi connectivity index (χ3v) is 16.8. The molecule has 0 bridgehead atoms. The number of hydrogen-bond donors (Lipinski definition) is 8. The number of nitrogens with zero attached hydrogens (tertiary/aromatic N) is 3. The van der Waals surface area contributed by atoms with Crippen LogP contribution in [0.3, 0.4) is 0 Å². The van der Waals surface area contributed by atoms with E-state index in [1.54, 1.807) is 26.2 Å². The Morgan fingerprint density at radius 2 is 1.39 bits per heavy atom. The van der Waals surface area contributed by atoms with E-state index < -0.39 is 96.0 Å². The molecule has 5 heterocycles. The van der Waals surface area contributed by atoms with Crippen LogP contribution in [-0.4, -0.2) is 156 Å². The number of benzene rings is 2. The number of amides is 8. The van der Waals surface area contributed by atoms with Gasteiger partial charge in [-0.3, -0.25) is 52.5 Å². The summed E-state index contributed by atoms with van der Waals surface area (Å²) in [4.78, 5) is 152. The number of rotatable bonds is 20. The maximum Gasteiger partial charge on any atom is 1.00 e. The first kappa shape index (κ1) is 75.5. The third-order valence-electron chi connectivity index (χ3n) is 16.8. The smallest absolute Gasteiger partial charge is 0.870 e. The predicted molar refractivity (Wildman–Crippen MR) is 336 cm³/mol. The number of likely N-dealkylation sites (tertiary alicyclic amines) is 1. The summed E-state index contributed by atoms with van der Waals surface area (Å²) in [6.45, 7) is 21.2. The van der Waals surface area contributed by atoms with Crippen LogP contribution >= 0.6 is 0 Å². The molecule has 10 atom stereocenters. The van der Waals surface area contributed by atoms with Crippen LogP contribution in [0.4, 0.5) is 0 Å². The molecule has 4 aromatic rings. The zero-order valence-electron chi connectivity index (χ0n) is 54.5.